The second-order valence-corrected chi connectivity index (χ2v) is 26.2. The van der Waals surface area contributed by atoms with Crippen LogP contribution in [0.25, 0.3) is 0 Å². The average Bonchev–Trinajstić information content (AvgIpc) is 3.19. The molecule has 0 spiro atoms. The van der Waals surface area contributed by atoms with Gasteiger partial charge in [0.15, 0.2) is 0 Å². The van der Waals surface area contributed by atoms with Gasteiger partial charge < -0.3 is 0 Å². The standard InChI is InChI=1S/C6H12.C6H6.2C6H5.12C4H10.2CH4.Y/c4*1-2-4-6-5-3-1;12*1-4(2)3;;;/h1-6H2;1-6H;2*1-5H;12*4H,1-3H3;2*1H4;/q;;2*-1;;;;;;;;;;;;;;;. The molecule has 0 unspecified atom stereocenters. The maximum atomic E-state index is 2.89. The van der Waals surface area contributed by atoms with E-state index in [-0.39, 0.29) is 47.6 Å². The summed E-state index contributed by atoms with van der Waals surface area (Å²) >= 11 is 0. The first-order chi connectivity index (χ1) is 32.8. The van der Waals surface area contributed by atoms with Crippen molar-refractivity contribution in [1.29, 1.82) is 0 Å². The van der Waals surface area contributed by atoms with E-state index in [1.807, 2.05) is 97.1 Å². The second-order valence-electron chi connectivity index (χ2n) is 26.2. The summed E-state index contributed by atoms with van der Waals surface area (Å²) in [6, 6.07) is 37.0. The first-order valence-corrected chi connectivity index (χ1v) is 29.6. The van der Waals surface area contributed by atoms with Crippen LogP contribution in [0.5, 0.6) is 0 Å². The third-order valence-electron chi connectivity index (χ3n) is 3.38. The van der Waals surface area contributed by atoms with Crippen LogP contribution >= 0.6 is 0 Å². The molecular weight excluding hydrogens is 978 g/mol. The van der Waals surface area contributed by atoms with Gasteiger partial charge in [-0.05, 0) is 71.0 Å². The normalized spacial score (nSPS) is 9.60. The van der Waals surface area contributed by atoms with Crippen LogP contribution in [-0.2, 0) is 32.7 Å². The number of rotatable bonds is 0. The molecule has 0 nitrogen and oxygen atoms in total. The fraction of sp³-hybridized carbons (Fsp3) is 0.757. The molecule has 0 amide bonds. The number of hydrogen-bond acceptors (Lipinski definition) is 0. The fourth-order valence-electron chi connectivity index (χ4n) is 2.13. The quantitative estimate of drug-likeness (QED) is 0.197. The largest absolute Gasteiger partial charge is 0.184 e. The van der Waals surface area contributed by atoms with Crippen LogP contribution in [0.15, 0.2) is 97.1 Å². The minimum Gasteiger partial charge on any atom is -0.184 e. The van der Waals surface area contributed by atoms with Crippen molar-refractivity contribution in [2.45, 2.75) is 303 Å². The smallest absolute Gasteiger partial charge is 0 e. The SMILES string of the molecule is C.C.C1CCCCC1.CC(C)C.CC(C)C.CC(C)C.CC(C)C.CC(C)C.CC(C)C.CC(C)C.CC(C)C.CC(C)C.CC(C)C.CC(C)C.CC(C)C.[Y].[c-]1ccccc1.[c-]1ccccc1.c1ccccc1. The molecule has 0 saturated heterocycles. The summed E-state index contributed by atoms with van der Waals surface area (Å²) in [5.74, 6) is 10.0. The van der Waals surface area contributed by atoms with Gasteiger partial charge >= 0.3 is 0 Å². The molecule has 1 fully saturated rings. The summed E-state index contributed by atoms with van der Waals surface area (Å²) in [5.41, 5.74) is 0. The Labute approximate surface area is 511 Å². The molecule has 0 bridgehead atoms. The van der Waals surface area contributed by atoms with Crippen molar-refractivity contribution in [3.05, 3.63) is 109 Å². The Morgan fingerprint density at radius 2 is 0.240 bits per heavy atom. The molecule has 457 valence electrons. The van der Waals surface area contributed by atoms with Crippen molar-refractivity contribution in [1.82, 2.24) is 0 Å². The first-order valence-electron chi connectivity index (χ1n) is 29.6. The van der Waals surface area contributed by atoms with Crippen molar-refractivity contribution in [2.75, 3.05) is 0 Å². The Balaban J connectivity index is -0.0000000395. The van der Waals surface area contributed by atoms with Crippen molar-refractivity contribution < 1.29 is 32.7 Å². The van der Waals surface area contributed by atoms with Gasteiger partial charge in [-0.25, -0.2) is 0 Å². The Hall–Kier alpha value is -1.24. The molecular formula is C74H156Y-2. The Morgan fingerprint density at radius 3 is 0.280 bits per heavy atom. The predicted molar refractivity (Wildman–Crippen MR) is 364 cm³/mol. The molecule has 75 heavy (non-hydrogen) atoms. The van der Waals surface area contributed by atoms with Crippen molar-refractivity contribution in [2.24, 2.45) is 71.0 Å². The van der Waals surface area contributed by atoms with E-state index in [1.165, 1.54) is 38.5 Å². The van der Waals surface area contributed by atoms with Gasteiger partial charge in [-0.2, -0.15) is 72.8 Å². The molecule has 0 aromatic heterocycles. The molecule has 1 heteroatoms. The third-order valence-corrected chi connectivity index (χ3v) is 3.38. The zero-order chi connectivity index (χ0) is 59.9. The molecule has 3 aromatic carbocycles. The average molecular weight is 1130 g/mol. The zero-order valence-corrected chi connectivity index (χ0v) is 60.8. The van der Waals surface area contributed by atoms with Crippen LogP contribution in [-0.4, -0.2) is 0 Å². The fourth-order valence-corrected chi connectivity index (χ4v) is 2.13. The topological polar surface area (TPSA) is 0 Å². The van der Waals surface area contributed by atoms with Gasteiger partial charge in [0, 0.05) is 32.7 Å². The van der Waals surface area contributed by atoms with Crippen molar-refractivity contribution in [3.8, 4) is 0 Å². The van der Waals surface area contributed by atoms with Gasteiger partial charge in [0.2, 0.25) is 0 Å². The van der Waals surface area contributed by atoms with Crippen LogP contribution in [0.2, 0.25) is 0 Å². The minimum absolute atomic E-state index is 0. The predicted octanol–water partition coefficient (Wildman–Crippen LogP) is 28.2. The minimum atomic E-state index is 0. The second kappa shape index (κ2) is 109. The van der Waals surface area contributed by atoms with Crippen LogP contribution in [0, 0.1) is 83.1 Å². The zero-order valence-electron chi connectivity index (χ0n) is 58.0. The van der Waals surface area contributed by atoms with Crippen molar-refractivity contribution >= 4 is 0 Å². The summed E-state index contributed by atoms with van der Waals surface area (Å²) in [7, 11) is 0. The Kier molecular flexibility index (Phi) is 164. The molecule has 0 atom stereocenters. The molecule has 4 rings (SSSR count). The maximum Gasteiger partial charge on any atom is 0 e. The Bertz CT molecular complexity index is 728. The Morgan fingerprint density at radius 1 is 0.173 bits per heavy atom. The molecule has 3 aromatic rings. The van der Waals surface area contributed by atoms with E-state index in [1.54, 1.807) is 0 Å². The number of benzene rings is 3. The molecule has 1 aliphatic rings. The summed E-state index contributed by atoms with van der Waals surface area (Å²) in [6.45, 7) is 78.0. The molecule has 1 aliphatic carbocycles. The van der Waals surface area contributed by atoms with Crippen LogP contribution in [0.1, 0.15) is 303 Å². The van der Waals surface area contributed by atoms with Gasteiger partial charge in [-0.15, -0.1) is 0 Å². The molecule has 0 N–H and O–H groups in total. The van der Waals surface area contributed by atoms with Crippen LogP contribution in [0.3, 0.4) is 0 Å². The van der Waals surface area contributed by atoms with E-state index in [9.17, 15) is 0 Å². The van der Waals surface area contributed by atoms with Crippen LogP contribution in [0.4, 0.5) is 0 Å². The van der Waals surface area contributed by atoms with E-state index < -0.39 is 0 Å². The van der Waals surface area contributed by atoms with E-state index in [4.69, 9.17) is 0 Å². The van der Waals surface area contributed by atoms with E-state index in [0.717, 1.165) is 71.0 Å². The third kappa shape index (κ3) is 703. The molecule has 1 saturated carbocycles. The van der Waals surface area contributed by atoms with E-state index in [0.29, 0.717) is 0 Å². The monoisotopic (exact) mass is 1130 g/mol. The van der Waals surface area contributed by atoms with Gasteiger partial charge in [-0.1, -0.05) is 339 Å². The summed E-state index contributed by atoms with van der Waals surface area (Å²) < 4.78 is 0. The number of hydrogen-bond donors (Lipinski definition) is 0. The molecule has 1 radical (unpaired) electrons. The summed E-state index contributed by atoms with van der Waals surface area (Å²) in [4.78, 5) is 0. The van der Waals surface area contributed by atoms with E-state index in [2.05, 4.69) is 261 Å². The van der Waals surface area contributed by atoms with Crippen LogP contribution < -0.4 is 0 Å². The van der Waals surface area contributed by atoms with Gasteiger partial charge in [0.05, 0.1) is 0 Å². The molecule has 0 aliphatic heterocycles. The maximum absolute atomic E-state index is 2.89. The van der Waals surface area contributed by atoms with Gasteiger partial charge in [0.25, 0.3) is 0 Å². The van der Waals surface area contributed by atoms with E-state index >= 15 is 0 Å². The first kappa shape index (κ1) is 113. The van der Waals surface area contributed by atoms with Gasteiger partial charge in [0.1, 0.15) is 0 Å². The molecule has 0 heterocycles. The summed E-state index contributed by atoms with van der Waals surface area (Å²) in [6.07, 6.45) is 9.00. The van der Waals surface area contributed by atoms with Gasteiger partial charge in [-0.3, -0.25) is 0 Å². The summed E-state index contributed by atoms with van der Waals surface area (Å²) in [5, 5.41) is 0. The van der Waals surface area contributed by atoms with Crippen molar-refractivity contribution in [3.63, 3.8) is 0 Å².